The Hall–Kier alpha value is -0.390. The van der Waals surface area contributed by atoms with E-state index in [9.17, 15) is 4.79 Å². The molecule has 1 amide bonds. The van der Waals surface area contributed by atoms with Crippen LogP contribution in [0.4, 0.5) is 0 Å². The monoisotopic (exact) mass is 416 g/mol. The summed E-state index contributed by atoms with van der Waals surface area (Å²) in [5.41, 5.74) is 0.749. The molecule has 0 atom stereocenters. The van der Waals surface area contributed by atoms with Gasteiger partial charge in [-0.25, -0.2) is 0 Å². The lowest BCUT2D eigenvalue weighted by molar-refractivity contribution is 0.0716. The molecule has 1 aromatic rings. The normalized spacial score (nSPS) is 16.0. The minimum atomic E-state index is 0.136. The Kier molecular flexibility index (Phi) is 6.71. The van der Waals surface area contributed by atoms with Gasteiger partial charge in [-0.1, -0.05) is 38.8 Å². The lowest BCUT2D eigenvalue weighted by Crippen LogP contribution is -2.39. The van der Waals surface area contributed by atoms with Crippen LogP contribution in [0.1, 0.15) is 36.5 Å². The number of piperidine rings is 1. The van der Waals surface area contributed by atoms with Gasteiger partial charge in [0, 0.05) is 27.6 Å². The quantitative estimate of drug-likeness (QED) is 0.783. The fraction of sp³-hybridized carbons (Fsp3) is 0.562. The van der Waals surface area contributed by atoms with Crippen LogP contribution in [0.15, 0.2) is 27.1 Å². The lowest BCUT2D eigenvalue weighted by atomic mass is 9.97. The first-order valence-electron chi connectivity index (χ1n) is 7.56. The average Bonchev–Trinajstić information content (AvgIpc) is 2.46. The van der Waals surface area contributed by atoms with E-state index in [1.807, 2.05) is 23.1 Å². The fourth-order valence-electron chi connectivity index (χ4n) is 2.78. The third-order valence-electron chi connectivity index (χ3n) is 3.83. The van der Waals surface area contributed by atoms with Crippen LogP contribution < -0.4 is 5.32 Å². The molecule has 1 aromatic carbocycles. The van der Waals surface area contributed by atoms with Gasteiger partial charge in [0.2, 0.25) is 0 Å². The second-order valence-electron chi connectivity index (χ2n) is 5.60. The summed E-state index contributed by atoms with van der Waals surface area (Å²) in [6.07, 6.45) is 3.32. The number of carbonyl (C=O) groups is 1. The number of rotatable bonds is 5. The van der Waals surface area contributed by atoms with Crippen molar-refractivity contribution in [2.24, 2.45) is 5.92 Å². The van der Waals surface area contributed by atoms with Crippen molar-refractivity contribution in [3.05, 3.63) is 32.7 Å². The summed E-state index contributed by atoms with van der Waals surface area (Å²) in [4.78, 5) is 14.8. The van der Waals surface area contributed by atoms with Crippen LogP contribution in [0.25, 0.3) is 0 Å². The summed E-state index contributed by atoms with van der Waals surface area (Å²) >= 11 is 6.92. The van der Waals surface area contributed by atoms with E-state index in [4.69, 9.17) is 0 Å². The van der Waals surface area contributed by atoms with Crippen LogP contribution in [-0.2, 0) is 0 Å². The van der Waals surface area contributed by atoms with Crippen molar-refractivity contribution in [3.8, 4) is 0 Å². The first-order valence-corrected chi connectivity index (χ1v) is 9.15. The minimum Gasteiger partial charge on any atom is -0.338 e. The van der Waals surface area contributed by atoms with Gasteiger partial charge < -0.3 is 10.2 Å². The Labute approximate surface area is 143 Å². The Morgan fingerprint density at radius 3 is 2.43 bits per heavy atom. The zero-order valence-corrected chi connectivity index (χ0v) is 15.5. The summed E-state index contributed by atoms with van der Waals surface area (Å²) in [5.74, 6) is 0.759. The van der Waals surface area contributed by atoms with Crippen molar-refractivity contribution >= 4 is 37.8 Å². The molecule has 0 saturated carbocycles. The van der Waals surface area contributed by atoms with Gasteiger partial charge in [-0.3, -0.25) is 4.79 Å². The molecule has 1 aliphatic heterocycles. The highest BCUT2D eigenvalue weighted by Crippen LogP contribution is 2.22. The highest BCUT2D eigenvalue weighted by Gasteiger charge is 2.21. The molecule has 0 spiro atoms. The van der Waals surface area contributed by atoms with Crippen LogP contribution in [-0.4, -0.2) is 37.0 Å². The molecule has 1 N–H and O–H groups in total. The van der Waals surface area contributed by atoms with E-state index in [0.29, 0.717) is 5.92 Å². The average molecular weight is 418 g/mol. The van der Waals surface area contributed by atoms with E-state index in [1.54, 1.807) is 0 Å². The van der Waals surface area contributed by atoms with Crippen LogP contribution in [0.3, 0.4) is 0 Å². The number of hydrogen-bond acceptors (Lipinski definition) is 2. The molecule has 21 heavy (non-hydrogen) atoms. The maximum atomic E-state index is 12.8. The van der Waals surface area contributed by atoms with Crippen LogP contribution in [0, 0.1) is 5.92 Å². The maximum Gasteiger partial charge on any atom is 0.253 e. The number of nitrogens with one attached hydrogen (secondary N) is 1. The van der Waals surface area contributed by atoms with Gasteiger partial charge in [0.15, 0.2) is 0 Å². The first kappa shape index (κ1) is 17.0. The molecule has 3 nitrogen and oxygen atoms in total. The highest BCUT2D eigenvalue weighted by molar-refractivity contribution is 9.11. The summed E-state index contributed by atoms with van der Waals surface area (Å²) in [5, 5.41) is 3.38. The molecular weight excluding hydrogens is 396 g/mol. The number of amides is 1. The Balaban J connectivity index is 2.10. The highest BCUT2D eigenvalue weighted by atomic mass is 79.9. The van der Waals surface area contributed by atoms with E-state index in [1.165, 1.54) is 0 Å². The molecule has 0 aromatic heterocycles. The molecule has 0 unspecified atom stereocenters. The van der Waals surface area contributed by atoms with Gasteiger partial charge in [0.1, 0.15) is 0 Å². The number of hydrogen-bond donors (Lipinski definition) is 1. The zero-order valence-electron chi connectivity index (χ0n) is 12.4. The molecule has 1 heterocycles. The third kappa shape index (κ3) is 5.08. The summed E-state index contributed by atoms with van der Waals surface area (Å²) in [7, 11) is 0. The first-order chi connectivity index (χ1) is 10.1. The van der Waals surface area contributed by atoms with Gasteiger partial charge in [-0.15, -0.1) is 0 Å². The molecule has 2 rings (SSSR count). The Morgan fingerprint density at radius 2 is 1.86 bits per heavy atom. The Morgan fingerprint density at radius 1 is 1.24 bits per heavy atom. The molecule has 1 saturated heterocycles. The van der Waals surface area contributed by atoms with E-state index < -0.39 is 0 Å². The van der Waals surface area contributed by atoms with Gasteiger partial charge in [0.25, 0.3) is 5.91 Å². The topological polar surface area (TPSA) is 32.3 Å². The van der Waals surface area contributed by atoms with Gasteiger partial charge in [0.05, 0.1) is 0 Å². The second-order valence-corrected chi connectivity index (χ2v) is 7.43. The van der Waals surface area contributed by atoms with Crippen molar-refractivity contribution in [2.75, 3.05) is 26.2 Å². The lowest BCUT2D eigenvalue weighted by Gasteiger charge is -2.30. The standard InChI is InChI=1S/C16H22Br2N2O/c1-2-7-20(11-12-3-5-19-6-4-12)16(21)13-8-14(17)10-15(18)9-13/h8-10,12,19H,2-7,11H2,1H3. The number of nitrogens with zero attached hydrogens (tertiary/aromatic N) is 1. The van der Waals surface area contributed by atoms with Gasteiger partial charge in [-0.05, 0) is 56.5 Å². The van der Waals surface area contributed by atoms with E-state index in [-0.39, 0.29) is 5.91 Å². The fourth-order valence-corrected chi connectivity index (χ4v) is 4.08. The van der Waals surface area contributed by atoms with E-state index in [2.05, 4.69) is 44.1 Å². The predicted octanol–water partition coefficient (Wildman–Crippen LogP) is 4.06. The van der Waals surface area contributed by atoms with Crippen molar-refractivity contribution in [1.82, 2.24) is 10.2 Å². The number of halogens is 2. The van der Waals surface area contributed by atoms with Crippen molar-refractivity contribution in [1.29, 1.82) is 0 Å². The molecule has 0 bridgehead atoms. The number of benzene rings is 1. The molecule has 0 aliphatic carbocycles. The molecular formula is C16H22Br2N2O. The van der Waals surface area contributed by atoms with Crippen LogP contribution >= 0.6 is 31.9 Å². The summed E-state index contributed by atoms with van der Waals surface area (Å²) in [6, 6.07) is 5.75. The van der Waals surface area contributed by atoms with Crippen molar-refractivity contribution in [2.45, 2.75) is 26.2 Å². The predicted molar refractivity (Wildman–Crippen MR) is 93.6 cm³/mol. The largest absolute Gasteiger partial charge is 0.338 e. The molecule has 1 aliphatic rings. The van der Waals surface area contributed by atoms with E-state index >= 15 is 0 Å². The smallest absolute Gasteiger partial charge is 0.253 e. The molecule has 116 valence electrons. The summed E-state index contributed by atoms with van der Waals surface area (Å²) in [6.45, 7) is 5.97. The molecule has 5 heteroatoms. The Bertz CT molecular complexity index is 467. The molecule has 0 radical (unpaired) electrons. The van der Waals surface area contributed by atoms with Crippen LogP contribution in [0.2, 0.25) is 0 Å². The van der Waals surface area contributed by atoms with Gasteiger partial charge in [-0.2, -0.15) is 0 Å². The maximum absolute atomic E-state index is 12.8. The zero-order chi connectivity index (χ0) is 15.2. The van der Waals surface area contributed by atoms with Crippen molar-refractivity contribution in [3.63, 3.8) is 0 Å². The second kappa shape index (κ2) is 8.30. The summed E-state index contributed by atoms with van der Waals surface area (Å²) < 4.78 is 1.86. The van der Waals surface area contributed by atoms with Gasteiger partial charge >= 0.3 is 0 Å². The van der Waals surface area contributed by atoms with Crippen LogP contribution in [0.5, 0.6) is 0 Å². The minimum absolute atomic E-state index is 0.136. The third-order valence-corrected chi connectivity index (χ3v) is 4.74. The molecule has 1 fully saturated rings. The SMILES string of the molecule is CCCN(CC1CCNCC1)C(=O)c1cc(Br)cc(Br)c1. The van der Waals surface area contributed by atoms with Crippen molar-refractivity contribution < 1.29 is 4.79 Å². The van der Waals surface area contributed by atoms with E-state index in [0.717, 1.165) is 60.0 Å². The number of carbonyl (C=O) groups excluding carboxylic acids is 1.